The van der Waals surface area contributed by atoms with Gasteiger partial charge >= 0.3 is 0 Å². The van der Waals surface area contributed by atoms with Crippen LogP contribution in [0.1, 0.15) is 37.3 Å². The summed E-state index contributed by atoms with van der Waals surface area (Å²) in [5.41, 5.74) is 1.88. The molecule has 0 radical (unpaired) electrons. The number of hydrogen-bond donors (Lipinski definition) is 0. The summed E-state index contributed by atoms with van der Waals surface area (Å²) in [6.07, 6.45) is 3.42. The molecule has 0 N–H and O–H groups in total. The summed E-state index contributed by atoms with van der Waals surface area (Å²) < 4.78 is 27.2. The van der Waals surface area contributed by atoms with Gasteiger partial charge in [-0.15, -0.1) is 0 Å². The number of benzene rings is 1. The van der Waals surface area contributed by atoms with Gasteiger partial charge < -0.3 is 0 Å². The highest BCUT2D eigenvalue weighted by atomic mass is 32.2. The van der Waals surface area contributed by atoms with Gasteiger partial charge in [0.25, 0.3) is 0 Å². The minimum atomic E-state index is -3.66. The summed E-state index contributed by atoms with van der Waals surface area (Å²) in [4.78, 5) is 4.26. The second-order valence-corrected chi connectivity index (χ2v) is 7.77. The average Bonchev–Trinajstić information content (AvgIpc) is 2.59. The molecule has 0 bridgehead atoms. The number of sulfonamides is 1. The van der Waals surface area contributed by atoms with E-state index in [2.05, 4.69) is 18.8 Å². The zero-order valence-corrected chi connectivity index (χ0v) is 14.7. The van der Waals surface area contributed by atoms with Crippen LogP contribution in [0.25, 0.3) is 0 Å². The minimum Gasteiger partial charge on any atom is -0.264 e. The van der Waals surface area contributed by atoms with Crippen molar-refractivity contribution in [3.05, 3.63) is 59.9 Å². The van der Waals surface area contributed by atoms with Gasteiger partial charge in [-0.05, 0) is 35.2 Å². The van der Waals surface area contributed by atoms with Gasteiger partial charge in [-0.25, -0.2) is 8.42 Å². The fraction of sp³-hybridized carbons (Fsp3) is 0.333. The molecule has 1 aromatic carbocycles. The first kappa shape index (κ1) is 18.1. The third-order valence-electron chi connectivity index (χ3n) is 3.74. The van der Waals surface area contributed by atoms with Crippen molar-refractivity contribution in [2.45, 2.75) is 37.6 Å². The summed E-state index contributed by atoms with van der Waals surface area (Å²) >= 11 is 0. The number of rotatable bonds is 7. The highest BCUT2D eigenvalue weighted by Gasteiger charge is 2.24. The molecule has 126 valence electrons. The topological polar surface area (TPSA) is 74.1 Å². The molecule has 0 amide bonds. The minimum absolute atomic E-state index is 0.142. The first-order valence-electron chi connectivity index (χ1n) is 7.81. The van der Waals surface area contributed by atoms with E-state index >= 15 is 0 Å². The summed E-state index contributed by atoms with van der Waals surface area (Å²) in [7, 11) is -3.66. The van der Waals surface area contributed by atoms with Crippen molar-refractivity contribution in [2.75, 3.05) is 6.54 Å². The molecule has 24 heavy (non-hydrogen) atoms. The van der Waals surface area contributed by atoms with E-state index < -0.39 is 10.0 Å². The molecule has 1 heterocycles. The normalized spacial score (nSPS) is 11.6. The fourth-order valence-corrected chi connectivity index (χ4v) is 3.76. The Bertz CT molecular complexity index is 794. The van der Waals surface area contributed by atoms with E-state index in [0.717, 1.165) is 11.1 Å². The first-order chi connectivity index (χ1) is 11.4. The van der Waals surface area contributed by atoms with Crippen molar-refractivity contribution in [2.24, 2.45) is 0 Å². The maximum Gasteiger partial charge on any atom is 0.243 e. The summed E-state index contributed by atoms with van der Waals surface area (Å²) in [5.74, 6) is 0.340. The highest BCUT2D eigenvalue weighted by molar-refractivity contribution is 7.89. The van der Waals surface area contributed by atoms with Crippen molar-refractivity contribution >= 4 is 10.0 Å². The maximum atomic E-state index is 12.9. The second-order valence-electron chi connectivity index (χ2n) is 5.83. The molecule has 2 aromatic rings. The van der Waals surface area contributed by atoms with E-state index in [9.17, 15) is 8.42 Å². The molecule has 6 heteroatoms. The van der Waals surface area contributed by atoms with Crippen LogP contribution in [-0.4, -0.2) is 24.3 Å². The molecule has 0 spiro atoms. The molecule has 0 saturated heterocycles. The van der Waals surface area contributed by atoms with E-state index in [0.29, 0.717) is 5.92 Å². The number of nitriles is 1. The first-order valence-corrected chi connectivity index (χ1v) is 9.25. The quantitative estimate of drug-likeness (QED) is 0.773. The average molecular weight is 343 g/mol. The van der Waals surface area contributed by atoms with Crippen LogP contribution in [0, 0.1) is 11.3 Å². The molecule has 0 fully saturated rings. The van der Waals surface area contributed by atoms with Crippen LogP contribution >= 0.6 is 0 Å². The van der Waals surface area contributed by atoms with E-state index in [1.807, 2.05) is 24.3 Å². The van der Waals surface area contributed by atoms with Crippen molar-refractivity contribution in [3.63, 3.8) is 0 Å². The lowest BCUT2D eigenvalue weighted by Crippen LogP contribution is -2.31. The zero-order valence-electron chi connectivity index (χ0n) is 13.9. The molecule has 0 unspecified atom stereocenters. The number of nitrogens with zero attached hydrogens (tertiary/aromatic N) is 3. The van der Waals surface area contributed by atoms with Gasteiger partial charge in [-0.2, -0.15) is 9.57 Å². The SMILES string of the molecule is CC(C)c1ccc(S(=O)(=O)N(CCC#N)Cc2cccnc2)cc1. The molecule has 0 aliphatic heterocycles. The summed E-state index contributed by atoms with van der Waals surface area (Å²) in [6, 6.07) is 12.5. The van der Waals surface area contributed by atoms with Crippen molar-refractivity contribution < 1.29 is 8.42 Å². The van der Waals surface area contributed by atoms with Gasteiger partial charge in [-0.3, -0.25) is 4.98 Å². The van der Waals surface area contributed by atoms with Crippen LogP contribution in [0.3, 0.4) is 0 Å². The Morgan fingerprint density at radius 2 is 1.92 bits per heavy atom. The van der Waals surface area contributed by atoms with Gasteiger partial charge in [0, 0.05) is 31.9 Å². The molecule has 2 rings (SSSR count). The Labute approximate surface area is 143 Å². The Balaban J connectivity index is 2.30. The van der Waals surface area contributed by atoms with Crippen molar-refractivity contribution in [1.29, 1.82) is 5.26 Å². The standard InChI is InChI=1S/C18H21N3O2S/c1-15(2)17-6-8-18(9-7-17)24(22,23)21(12-4-10-19)14-16-5-3-11-20-13-16/h3,5-9,11,13,15H,4,12,14H2,1-2H3. The Morgan fingerprint density at radius 3 is 2.46 bits per heavy atom. The lowest BCUT2D eigenvalue weighted by Gasteiger charge is -2.21. The zero-order chi connectivity index (χ0) is 17.6. The van der Waals surface area contributed by atoms with Crippen molar-refractivity contribution in [1.82, 2.24) is 9.29 Å². The Hall–Kier alpha value is -2.23. The molecule has 0 saturated carbocycles. The molecule has 0 atom stereocenters. The second kappa shape index (κ2) is 8.04. The monoisotopic (exact) mass is 343 g/mol. The maximum absolute atomic E-state index is 12.9. The molecule has 0 aliphatic carbocycles. The summed E-state index contributed by atoms with van der Waals surface area (Å²) in [5, 5.41) is 8.83. The highest BCUT2D eigenvalue weighted by Crippen LogP contribution is 2.21. The smallest absolute Gasteiger partial charge is 0.243 e. The van der Waals surface area contributed by atoms with E-state index in [-0.39, 0.29) is 24.4 Å². The number of pyridine rings is 1. The van der Waals surface area contributed by atoms with Gasteiger partial charge in [-0.1, -0.05) is 32.0 Å². The van der Waals surface area contributed by atoms with Crippen LogP contribution in [-0.2, 0) is 16.6 Å². The van der Waals surface area contributed by atoms with Crippen LogP contribution < -0.4 is 0 Å². The molecular weight excluding hydrogens is 322 g/mol. The number of aromatic nitrogens is 1. The van der Waals surface area contributed by atoms with Gasteiger partial charge in [0.2, 0.25) is 10.0 Å². The van der Waals surface area contributed by atoms with E-state index in [4.69, 9.17) is 5.26 Å². The van der Waals surface area contributed by atoms with Crippen LogP contribution in [0.5, 0.6) is 0 Å². The predicted octanol–water partition coefficient (Wildman–Crippen LogP) is 3.31. The molecular formula is C18H21N3O2S. The Kier molecular flexibility index (Phi) is 6.07. The van der Waals surface area contributed by atoms with Crippen molar-refractivity contribution in [3.8, 4) is 6.07 Å². The molecule has 1 aromatic heterocycles. The van der Waals surface area contributed by atoms with Crippen LogP contribution in [0.2, 0.25) is 0 Å². The van der Waals surface area contributed by atoms with Crippen LogP contribution in [0.15, 0.2) is 53.7 Å². The predicted molar refractivity (Wildman–Crippen MR) is 92.6 cm³/mol. The van der Waals surface area contributed by atoms with Gasteiger partial charge in [0.15, 0.2) is 0 Å². The third-order valence-corrected chi connectivity index (χ3v) is 5.60. The fourth-order valence-electron chi connectivity index (χ4n) is 2.33. The van der Waals surface area contributed by atoms with Gasteiger partial charge in [0.05, 0.1) is 11.0 Å². The lowest BCUT2D eigenvalue weighted by molar-refractivity contribution is 0.413. The van der Waals surface area contributed by atoms with Crippen LogP contribution in [0.4, 0.5) is 0 Å². The molecule has 5 nitrogen and oxygen atoms in total. The van der Waals surface area contributed by atoms with E-state index in [1.165, 1.54) is 4.31 Å². The van der Waals surface area contributed by atoms with Gasteiger partial charge in [0.1, 0.15) is 0 Å². The third kappa shape index (κ3) is 4.40. The Morgan fingerprint density at radius 1 is 1.21 bits per heavy atom. The number of hydrogen-bond acceptors (Lipinski definition) is 4. The largest absolute Gasteiger partial charge is 0.264 e. The van der Waals surface area contributed by atoms with E-state index in [1.54, 1.807) is 30.6 Å². The summed E-state index contributed by atoms with van der Waals surface area (Å²) in [6.45, 7) is 4.47. The molecule has 0 aliphatic rings. The lowest BCUT2D eigenvalue weighted by atomic mass is 10.0.